The van der Waals surface area contributed by atoms with Gasteiger partial charge in [-0.15, -0.1) is 11.8 Å². The van der Waals surface area contributed by atoms with Crippen molar-refractivity contribution in [1.82, 2.24) is 0 Å². The van der Waals surface area contributed by atoms with Crippen molar-refractivity contribution in [3.05, 3.63) is 251 Å². The molecule has 0 spiro atoms. The molecule has 2 aliphatic heterocycles. The zero-order valence-corrected chi connectivity index (χ0v) is 44.3. The van der Waals surface area contributed by atoms with Crippen LogP contribution < -0.4 is 0 Å². The highest BCUT2D eigenvalue weighted by Gasteiger charge is 2.56. The summed E-state index contributed by atoms with van der Waals surface area (Å²) in [7, 11) is 0. The van der Waals surface area contributed by atoms with Gasteiger partial charge in [-0.25, -0.2) is 33.6 Å². The second kappa shape index (κ2) is 27.8. The molecule has 17 nitrogen and oxygen atoms in total. The van der Waals surface area contributed by atoms with Crippen molar-refractivity contribution in [1.29, 1.82) is 0 Å². The van der Waals surface area contributed by atoms with Crippen LogP contribution in [-0.4, -0.2) is 121 Å². The summed E-state index contributed by atoms with van der Waals surface area (Å²) in [5.41, 5.74) is -0.378. The SMILES string of the molecule is CCS[C@H]1O[C@H](CO[C@@H]2O[C@H](COC(=O)c3ccccc3)[C@H](OC(=O)c3ccccc3)[C@H](OC(=O)c3ccccc3)[C@H]2OC(=O)c2ccccc2)[C@@H](OC(=O)c2ccccc2)[C@H](OC(=O)c2ccccc2)[C@H]1OC(=O)c1ccccc1. The lowest BCUT2D eigenvalue weighted by atomic mass is 9.97. The summed E-state index contributed by atoms with van der Waals surface area (Å²) in [6.07, 6.45) is -14.8. The fourth-order valence-corrected chi connectivity index (χ4v) is 9.81. The molecule has 2 aliphatic rings. The monoisotopic (exact) mass is 1110 g/mol. The summed E-state index contributed by atoms with van der Waals surface area (Å²) in [6.45, 7) is 0.518. The minimum absolute atomic E-state index is 0.0585. The lowest BCUT2D eigenvalue weighted by Crippen LogP contribution is -2.64. The molecule has 7 aromatic carbocycles. The van der Waals surface area contributed by atoms with Crippen LogP contribution in [0.5, 0.6) is 0 Å². The number of rotatable bonds is 20. The van der Waals surface area contributed by atoms with Crippen molar-refractivity contribution < 1.29 is 80.9 Å². The summed E-state index contributed by atoms with van der Waals surface area (Å²) >= 11 is 1.19. The molecule has 2 heterocycles. The van der Waals surface area contributed by atoms with Gasteiger partial charge in [0.05, 0.1) is 45.6 Å². The van der Waals surface area contributed by atoms with Crippen molar-refractivity contribution in [3.63, 3.8) is 0 Å². The first-order valence-corrected chi connectivity index (χ1v) is 26.9. The Morgan fingerprint density at radius 2 is 0.605 bits per heavy atom. The Morgan fingerprint density at radius 3 is 0.938 bits per heavy atom. The maximum Gasteiger partial charge on any atom is 0.338 e. The molecule has 2 fully saturated rings. The van der Waals surface area contributed by atoms with Gasteiger partial charge in [0.15, 0.2) is 42.9 Å². The van der Waals surface area contributed by atoms with Crippen LogP contribution in [-0.2, 0) is 47.4 Å². The van der Waals surface area contributed by atoms with E-state index in [4.69, 9.17) is 47.4 Å². The third kappa shape index (κ3) is 14.7. The van der Waals surface area contributed by atoms with Gasteiger partial charge >= 0.3 is 41.8 Å². The molecule has 7 aromatic rings. The van der Waals surface area contributed by atoms with E-state index < -0.39 is 116 Å². The van der Waals surface area contributed by atoms with Crippen molar-refractivity contribution in [2.45, 2.75) is 67.5 Å². The molecule has 10 atom stereocenters. The fourth-order valence-electron chi connectivity index (χ4n) is 8.86. The number of hydrogen-bond acceptors (Lipinski definition) is 18. The number of benzene rings is 7. The molecule has 0 saturated carbocycles. The van der Waals surface area contributed by atoms with Gasteiger partial charge in [0, 0.05) is 0 Å². The average Bonchev–Trinajstić information content (AvgIpc) is 3.59. The van der Waals surface area contributed by atoms with Gasteiger partial charge in [0.2, 0.25) is 0 Å². The lowest BCUT2D eigenvalue weighted by molar-refractivity contribution is -0.309. The van der Waals surface area contributed by atoms with E-state index in [9.17, 15) is 33.6 Å². The summed E-state index contributed by atoms with van der Waals surface area (Å²) in [4.78, 5) is 99.1. The molecule has 414 valence electrons. The zero-order chi connectivity index (χ0) is 56.5. The number of ether oxygens (including phenoxy) is 10. The van der Waals surface area contributed by atoms with E-state index in [2.05, 4.69) is 0 Å². The number of carbonyl (C=O) groups is 7. The smallest absolute Gasteiger partial charge is 0.338 e. The molecule has 81 heavy (non-hydrogen) atoms. The first-order chi connectivity index (χ1) is 39.5. The third-order valence-electron chi connectivity index (χ3n) is 12.8. The van der Waals surface area contributed by atoms with E-state index in [0.29, 0.717) is 5.75 Å². The molecule has 0 radical (unpaired) electrons. The van der Waals surface area contributed by atoms with Crippen LogP contribution in [0.15, 0.2) is 212 Å². The number of carbonyl (C=O) groups excluding carboxylic acids is 7. The molecule has 0 aliphatic carbocycles. The molecule has 0 amide bonds. The van der Waals surface area contributed by atoms with Crippen molar-refractivity contribution in [3.8, 4) is 0 Å². The molecule has 0 N–H and O–H groups in total. The topological polar surface area (TPSA) is 212 Å². The van der Waals surface area contributed by atoms with Gasteiger partial charge in [-0.3, -0.25) is 0 Å². The minimum Gasteiger partial charge on any atom is -0.459 e. The molecule has 0 unspecified atom stereocenters. The largest absolute Gasteiger partial charge is 0.459 e. The van der Waals surface area contributed by atoms with E-state index in [1.165, 1.54) is 84.6 Å². The summed E-state index contributed by atoms with van der Waals surface area (Å²) < 4.78 is 63.4. The molecular formula is C63H54O17S. The second-order valence-corrected chi connectivity index (χ2v) is 19.6. The van der Waals surface area contributed by atoms with Gasteiger partial charge in [0.25, 0.3) is 0 Å². The molecule has 2 saturated heterocycles. The van der Waals surface area contributed by atoms with Crippen molar-refractivity contribution in [2.24, 2.45) is 0 Å². The van der Waals surface area contributed by atoms with Crippen LogP contribution in [0.4, 0.5) is 0 Å². The number of thioether (sulfide) groups is 1. The van der Waals surface area contributed by atoms with E-state index in [1.807, 2.05) is 6.92 Å². The van der Waals surface area contributed by atoms with E-state index in [0.717, 1.165) is 0 Å². The van der Waals surface area contributed by atoms with E-state index >= 15 is 0 Å². The Labute approximate surface area is 470 Å². The zero-order valence-electron chi connectivity index (χ0n) is 43.5. The van der Waals surface area contributed by atoms with Crippen LogP contribution in [0.25, 0.3) is 0 Å². The van der Waals surface area contributed by atoms with Gasteiger partial charge in [-0.05, 0) is 90.7 Å². The van der Waals surface area contributed by atoms with Crippen LogP contribution in [0, 0.1) is 0 Å². The molecular weight excluding hydrogens is 1060 g/mol. The van der Waals surface area contributed by atoms with Gasteiger partial charge < -0.3 is 47.4 Å². The average molecular weight is 1120 g/mol. The maximum atomic E-state index is 14.4. The van der Waals surface area contributed by atoms with E-state index in [1.54, 1.807) is 140 Å². The van der Waals surface area contributed by atoms with Crippen molar-refractivity contribution >= 4 is 53.5 Å². The molecule has 18 heteroatoms. The maximum absolute atomic E-state index is 14.4. The Kier molecular flexibility index (Phi) is 19.5. The third-order valence-corrected chi connectivity index (χ3v) is 13.9. The van der Waals surface area contributed by atoms with Crippen LogP contribution >= 0.6 is 11.8 Å². The van der Waals surface area contributed by atoms with Gasteiger partial charge in [-0.1, -0.05) is 134 Å². The molecule has 9 rings (SSSR count). The number of hydrogen-bond donors (Lipinski definition) is 0. The molecule has 0 aromatic heterocycles. The van der Waals surface area contributed by atoms with Crippen LogP contribution in [0.3, 0.4) is 0 Å². The first kappa shape index (κ1) is 56.8. The fraction of sp³-hybridized carbons (Fsp3) is 0.222. The highest BCUT2D eigenvalue weighted by atomic mass is 32.2. The lowest BCUT2D eigenvalue weighted by Gasteiger charge is -2.46. The number of esters is 7. The summed E-state index contributed by atoms with van der Waals surface area (Å²) in [5.74, 6) is -5.76. The predicted octanol–water partition coefficient (Wildman–Crippen LogP) is 9.42. The van der Waals surface area contributed by atoms with E-state index in [-0.39, 0.29) is 38.9 Å². The van der Waals surface area contributed by atoms with Crippen LogP contribution in [0.2, 0.25) is 0 Å². The Balaban J connectivity index is 1.14. The Hall–Kier alpha value is -8.94. The van der Waals surface area contributed by atoms with Crippen LogP contribution in [0.1, 0.15) is 79.4 Å². The summed E-state index contributed by atoms with van der Waals surface area (Å²) in [5, 5.41) is 0. The van der Waals surface area contributed by atoms with Crippen molar-refractivity contribution in [2.75, 3.05) is 19.0 Å². The predicted molar refractivity (Wildman–Crippen MR) is 292 cm³/mol. The highest BCUT2D eigenvalue weighted by Crippen LogP contribution is 2.37. The standard InChI is InChI=1S/C63H54O17S/c1-2-81-63-54(80-61(70)46-36-22-9-23-37-46)52(78-59(68)44-32-18-7-19-33-44)50(76-57(66)42-28-14-5-15-29-42)48(74-63)39-72-62-53(79-60(69)45-34-20-8-21-35-45)51(77-58(67)43-30-16-6-17-31-43)49(75-56(65)41-26-12-4-13-27-41)47(73-62)38-71-55(64)40-24-10-3-11-25-40/h3-37,47-54,62-63H,2,38-39H2,1H3/t47-,48-,49+,50-,51+,52+,53-,54-,62-,63-/m1/s1. The second-order valence-electron chi connectivity index (χ2n) is 18.3. The molecule has 0 bridgehead atoms. The Morgan fingerprint density at radius 1 is 0.333 bits per heavy atom. The van der Waals surface area contributed by atoms with Gasteiger partial charge in [0.1, 0.15) is 24.3 Å². The van der Waals surface area contributed by atoms with Gasteiger partial charge in [-0.2, -0.15) is 0 Å². The first-order valence-electron chi connectivity index (χ1n) is 25.9. The highest BCUT2D eigenvalue weighted by molar-refractivity contribution is 7.99. The Bertz CT molecular complexity index is 3210. The normalized spacial score (nSPS) is 22.1. The summed E-state index contributed by atoms with van der Waals surface area (Å²) in [6, 6.07) is 55.7. The minimum atomic E-state index is -1.83. The quantitative estimate of drug-likeness (QED) is 0.0514.